The molecule has 19 heavy (non-hydrogen) atoms. The van der Waals surface area contributed by atoms with Crippen LogP contribution in [-0.2, 0) is 18.3 Å². The van der Waals surface area contributed by atoms with Crippen molar-refractivity contribution in [2.75, 3.05) is 0 Å². The van der Waals surface area contributed by atoms with Gasteiger partial charge in [-0.15, -0.1) is 0 Å². The fourth-order valence-electron chi connectivity index (χ4n) is 2.14. The van der Waals surface area contributed by atoms with E-state index in [-0.39, 0.29) is 11.9 Å². The number of carbonyl (C=O) groups is 1. The summed E-state index contributed by atoms with van der Waals surface area (Å²) in [6.07, 6.45) is 1.95. The lowest BCUT2D eigenvalue weighted by Crippen LogP contribution is -2.28. The van der Waals surface area contributed by atoms with E-state index in [2.05, 4.69) is 10.4 Å². The van der Waals surface area contributed by atoms with Crippen LogP contribution in [0.1, 0.15) is 35.7 Å². The standard InChI is InChI=1S/C14H19N3O2/c1-9-12(11(3)17(4)16-9)8-14(18)15-10(2)13-6-5-7-19-13/h5-7,10H,8H2,1-4H3,(H,15,18). The van der Waals surface area contributed by atoms with E-state index >= 15 is 0 Å². The summed E-state index contributed by atoms with van der Waals surface area (Å²) in [4.78, 5) is 12.0. The summed E-state index contributed by atoms with van der Waals surface area (Å²) < 4.78 is 7.07. The zero-order chi connectivity index (χ0) is 14.0. The topological polar surface area (TPSA) is 60.1 Å². The quantitative estimate of drug-likeness (QED) is 0.916. The monoisotopic (exact) mass is 261 g/mol. The Morgan fingerprint density at radius 1 is 1.53 bits per heavy atom. The fraction of sp³-hybridized carbons (Fsp3) is 0.429. The number of aryl methyl sites for hydroxylation is 2. The number of nitrogens with zero attached hydrogens (tertiary/aromatic N) is 2. The van der Waals surface area contributed by atoms with Crippen LogP contribution in [0.25, 0.3) is 0 Å². The third kappa shape index (κ3) is 2.86. The van der Waals surface area contributed by atoms with Gasteiger partial charge in [0.15, 0.2) is 0 Å². The van der Waals surface area contributed by atoms with Crippen molar-refractivity contribution >= 4 is 5.91 Å². The fourth-order valence-corrected chi connectivity index (χ4v) is 2.14. The highest BCUT2D eigenvalue weighted by Crippen LogP contribution is 2.15. The van der Waals surface area contributed by atoms with Gasteiger partial charge >= 0.3 is 0 Å². The summed E-state index contributed by atoms with van der Waals surface area (Å²) in [5.74, 6) is 0.732. The second-order valence-corrected chi connectivity index (χ2v) is 4.75. The molecule has 0 aromatic carbocycles. The summed E-state index contributed by atoms with van der Waals surface area (Å²) in [5, 5.41) is 7.24. The summed E-state index contributed by atoms with van der Waals surface area (Å²) >= 11 is 0. The zero-order valence-corrected chi connectivity index (χ0v) is 11.7. The molecule has 0 saturated carbocycles. The van der Waals surface area contributed by atoms with Crippen molar-refractivity contribution < 1.29 is 9.21 Å². The SMILES string of the molecule is Cc1nn(C)c(C)c1CC(=O)NC(C)c1ccco1. The minimum Gasteiger partial charge on any atom is -0.467 e. The molecule has 2 heterocycles. The van der Waals surface area contributed by atoms with E-state index in [0.717, 1.165) is 22.7 Å². The first-order valence-electron chi connectivity index (χ1n) is 6.31. The maximum Gasteiger partial charge on any atom is 0.225 e. The number of carbonyl (C=O) groups excluding carboxylic acids is 1. The summed E-state index contributed by atoms with van der Waals surface area (Å²) in [5.41, 5.74) is 2.92. The Balaban J connectivity index is 2.02. The van der Waals surface area contributed by atoms with Crippen LogP contribution in [0.5, 0.6) is 0 Å². The van der Waals surface area contributed by atoms with Crippen molar-refractivity contribution in [2.45, 2.75) is 33.2 Å². The average molecular weight is 261 g/mol. The van der Waals surface area contributed by atoms with Crippen molar-refractivity contribution in [3.63, 3.8) is 0 Å². The van der Waals surface area contributed by atoms with E-state index in [0.29, 0.717) is 6.42 Å². The van der Waals surface area contributed by atoms with Gasteiger partial charge in [0.05, 0.1) is 24.4 Å². The maximum absolute atomic E-state index is 12.0. The van der Waals surface area contributed by atoms with Gasteiger partial charge in [0.1, 0.15) is 5.76 Å². The Kier molecular flexibility index (Phi) is 3.74. The first-order valence-corrected chi connectivity index (χ1v) is 6.31. The van der Waals surface area contributed by atoms with Crippen LogP contribution in [-0.4, -0.2) is 15.7 Å². The highest BCUT2D eigenvalue weighted by molar-refractivity contribution is 5.79. The van der Waals surface area contributed by atoms with E-state index in [1.807, 2.05) is 40.0 Å². The van der Waals surface area contributed by atoms with Gasteiger partial charge in [0.25, 0.3) is 0 Å². The molecule has 1 N–H and O–H groups in total. The predicted molar refractivity (Wildman–Crippen MR) is 71.7 cm³/mol. The molecule has 2 aromatic heterocycles. The molecule has 5 heteroatoms. The molecule has 102 valence electrons. The molecule has 2 rings (SSSR count). The Labute approximate surface area is 112 Å². The Morgan fingerprint density at radius 2 is 2.26 bits per heavy atom. The molecule has 1 amide bonds. The molecule has 0 radical (unpaired) electrons. The number of furan rings is 1. The Bertz CT molecular complexity index is 570. The Morgan fingerprint density at radius 3 is 2.79 bits per heavy atom. The van der Waals surface area contributed by atoms with Crippen LogP contribution in [0.2, 0.25) is 0 Å². The lowest BCUT2D eigenvalue weighted by Gasteiger charge is -2.11. The van der Waals surface area contributed by atoms with E-state index < -0.39 is 0 Å². The number of amides is 1. The van der Waals surface area contributed by atoms with Crippen molar-refractivity contribution in [3.05, 3.63) is 41.1 Å². The molecular weight excluding hydrogens is 242 g/mol. The van der Waals surface area contributed by atoms with E-state index in [1.165, 1.54) is 0 Å². The number of nitrogens with one attached hydrogen (secondary N) is 1. The first kappa shape index (κ1) is 13.4. The molecule has 0 fully saturated rings. The van der Waals surface area contributed by atoms with Crippen LogP contribution in [0.3, 0.4) is 0 Å². The Hall–Kier alpha value is -2.04. The van der Waals surface area contributed by atoms with Gasteiger partial charge in [-0.2, -0.15) is 5.10 Å². The zero-order valence-electron chi connectivity index (χ0n) is 11.7. The smallest absolute Gasteiger partial charge is 0.225 e. The van der Waals surface area contributed by atoms with Crippen LogP contribution >= 0.6 is 0 Å². The summed E-state index contributed by atoms with van der Waals surface area (Å²) in [6.45, 7) is 5.80. The van der Waals surface area contributed by atoms with E-state index in [1.54, 1.807) is 10.9 Å². The lowest BCUT2D eigenvalue weighted by atomic mass is 10.1. The molecule has 0 spiro atoms. The number of rotatable bonds is 4. The van der Waals surface area contributed by atoms with E-state index in [4.69, 9.17) is 4.42 Å². The van der Waals surface area contributed by atoms with Gasteiger partial charge in [-0.05, 0) is 32.9 Å². The second kappa shape index (κ2) is 5.30. The van der Waals surface area contributed by atoms with Gasteiger partial charge in [-0.1, -0.05) is 0 Å². The van der Waals surface area contributed by atoms with Crippen LogP contribution < -0.4 is 5.32 Å². The third-order valence-electron chi connectivity index (χ3n) is 3.34. The lowest BCUT2D eigenvalue weighted by molar-refractivity contribution is -0.121. The second-order valence-electron chi connectivity index (χ2n) is 4.75. The summed E-state index contributed by atoms with van der Waals surface area (Å²) in [7, 11) is 1.88. The molecular formula is C14H19N3O2. The minimum absolute atomic E-state index is 0.0249. The van der Waals surface area contributed by atoms with Gasteiger partial charge < -0.3 is 9.73 Å². The number of aromatic nitrogens is 2. The van der Waals surface area contributed by atoms with Crippen molar-refractivity contribution in [2.24, 2.45) is 7.05 Å². The largest absolute Gasteiger partial charge is 0.467 e. The van der Waals surface area contributed by atoms with E-state index in [9.17, 15) is 4.79 Å². The highest BCUT2D eigenvalue weighted by Gasteiger charge is 2.16. The first-order chi connectivity index (χ1) is 8.99. The summed E-state index contributed by atoms with van der Waals surface area (Å²) in [6, 6.07) is 3.54. The number of hydrogen-bond acceptors (Lipinski definition) is 3. The third-order valence-corrected chi connectivity index (χ3v) is 3.34. The molecule has 2 aromatic rings. The molecule has 0 aliphatic carbocycles. The molecule has 1 unspecified atom stereocenters. The van der Waals surface area contributed by atoms with Crippen molar-refractivity contribution in [3.8, 4) is 0 Å². The molecule has 5 nitrogen and oxygen atoms in total. The van der Waals surface area contributed by atoms with Gasteiger partial charge in [-0.3, -0.25) is 9.48 Å². The van der Waals surface area contributed by atoms with Gasteiger partial charge in [0.2, 0.25) is 5.91 Å². The molecule has 0 bridgehead atoms. The van der Waals surface area contributed by atoms with Gasteiger partial charge in [-0.25, -0.2) is 0 Å². The maximum atomic E-state index is 12.0. The van der Waals surface area contributed by atoms with Gasteiger partial charge in [0, 0.05) is 18.3 Å². The minimum atomic E-state index is -0.125. The predicted octanol–water partition coefficient (Wildman–Crippen LogP) is 2.05. The number of hydrogen-bond donors (Lipinski definition) is 1. The normalized spacial score (nSPS) is 12.4. The van der Waals surface area contributed by atoms with Crippen LogP contribution in [0.15, 0.2) is 22.8 Å². The highest BCUT2D eigenvalue weighted by atomic mass is 16.3. The van der Waals surface area contributed by atoms with Crippen LogP contribution in [0, 0.1) is 13.8 Å². The van der Waals surface area contributed by atoms with Crippen molar-refractivity contribution in [1.82, 2.24) is 15.1 Å². The van der Waals surface area contributed by atoms with Crippen molar-refractivity contribution in [1.29, 1.82) is 0 Å². The molecule has 1 atom stereocenters. The molecule has 0 saturated heterocycles. The van der Waals surface area contributed by atoms with Crippen LogP contribution in [0.4, 0.5) is 0 Å². The average Bonchev–Trinajstić information content (AvgIpc) is 2.94. The molecule has 0 aliphatic rings. The molecule has 0 aliphatic heterocycles.